The molecule has 2 aromatic rings. The second-order valence-electron chi connectivity index (χ2n) is 4.59. The number of ketones is 1. The number of carbonyl (C=O) groups is 2. The van der Waals surface area contributed by atoms with Gasteiger partial charge in [-0.2, -0.15) is 0 Å². The molecular weight excluding hydrogens is 286 g/mol. The molecule has 2 aromatic carbocycles. The van der Waals surface area contributed by atoms with E-state index in [0.717, 1.165) is 0 Å². The Kier molecular flexibility index (Phi) is 3.27. The Morgan fingerprint density at radius 3 is 2.45 bits per heavy atom. The summed E-state index contributed by atoms with van der Waals surface area (Å²) in [5.41, 5.74) is 0.0153. The third-order valence-corrected chi connectivity index (χ3v) is 3.23. The zero-order valence-electron chi connectivity index (χ0n) is 11.2. The molecule has 6 heteroatoms. The van der Waals surface area contributed by atoms with Crippen molar-refractivity contribution in [3.63, 3.8) is 0 Å². The highest BCUT2D eigenvalue weighted by atomic mass is 16.6. The number of nitro benzene ring substituents is 1. The molecule has 108 valence electrons. The molecule has 0 aromatic heterocycles. The van der Waals surface area contributed by atoms with Crippen molar-refractivity contribution in [2.24, 2.45) is 0 Å². The van der Waals surface area contributed by atoms with Gasteiger partial charge in [0.25, 0.3) is 5.69 Å². The molecule has 0 atom stereocenters. The van der Waals surface area contributed by atoms with Gasteiger partial charge in [0.15, 0.2) is 0 Å². The third kappa shape index (κ3) is 2.26. The van der Waals surface area contributed by atoms with Crippen molar-refractivity contribution in [2.45, 2.75) is 0 Å². The Morgan fingerprint density at radius 2 is 1.68 bits per heavy atom. The average Bonchev–Trinajstić information content (AvgIpc) is 2.51. The van der Waals surface area contributed by atoms with E-state index in [4.69, 9.17) is 4.74 Å². The van der Waals surface area contributed by atoms with Crippen molar-refractivity contribution in [3.8, 4) is 5.75 Å². The number of benzene rings is 2. The van der Waals surface area contributed by atoms with Crippen LogP contribution in [-0.4, -0.2) is 16.7 Å². The molecule has 0 aliphatic carbocycles. The van der Waals surface area contributed by atoms with Crippen molar-refractivity contribution in [1.82, 2.24) is 0 Å². The summed E-state index contributed by atoms with van der Waals surface area (Å²) in [5, 5.41) is 11.0. The van der Waals surface area contributed by atoms with Crippen LogP contribution in [0.15, 0.2) is 54.1 Å². The van der Waals surface area contributed by atoms with Crippen LogP contribution in [0.5, 0.6) is 5.75 Å². The van der Waals surface area contributed by atoms with E-state index in [1.54, 1.807) is 18.2 Å². The molecule has 0 fully saturated rings. The van der Waals surface area contributed by atoms with E-state index in [1.165, 1.54) is 36.4 Å². The highest BCUT2D eigenvalue weighted by Crippen LogP contribution is 2.29. The standard InChI is InChI=1S/C16H9NO5/c18-15-11-6-2-4-8-14(11)22-16(19)12(15)9-10-5-1-3-7-13(10)17(20)21/h1-9H. The molecule has 0 N–H and O–H groups in total. The molecule has 0 saturated carbocycles. The molecule has 0 spiro atoms. The van der Waals surface area contributed by atoms with Gasteiger partial charge in [-0.15, -0.1) is 0 Å². The minimum atomic E-state index is -0.818. The van der Waals surface area contributed by atoms with Crippen LogP contribution >= 0.6 is 0 Å². The summed E-state index contributed by atoms with van der Waals surface area (Å²) in [6.45, 7) is 0. The molecule has 1 aliphatic heterocycles. The summed E-state index contributed by atoms with van der Waals surface area (Å²) < 4.78 is 5.09. The van der Waals surface area contributed by atoms with Gasteiger partial charge in [-0.1, -0.05) is 24.3 Å². The molecule has 0 amide bonds. The predicted octanol–water partition coefficient (Wildman–Crippen LogP) is 2.78. The van der Waals surface area contributed by atoms with Crippen molar-refractivity contribution in [1.29, 1.82) is 0 Å². The number of carbonyl (C=O) groups excluding carboxylic acids is 2. The molecule has 0 unspecified atom stereocenters. The number of Topliss-reactive ketones (excluding diaryl/α,β-unsaturated/α-hetero) is 1. The number of para-hydroxylation sites is 2. The van der Waals surface area contributed by atoms with E-state index in [1.807, 2.05) is 0 Å². The Balaban J connectivity index is 2.11. The fourth-order valence-electron chi connectivity index (χ4n) is 2.19. The van der Waals surface area contributed by atoms with Gasteiger partial charge in [-0.25, -0.2) is 4.79 Å². The van der Waals surface area contributed by atoms with E-state index in [-0.39, 0.29) is 28.1 Å². The van der Waals surface area contributed by atoms with E-state index >= 15 is 0 Å². The Hall–Kier alpha value is -3.28. The van der Waals surface area contributed by atoms with Crippen LogP contribution in [0.4, 0.5) is 5.69 Å². The Bertz CT molecular complexity index is 838. The van der Waals surface area contributed by atoms with Crippen LogP contribution in [0.3, 0.4) is 0 Å². The number of esters is 1. The number of hydrogen-bond donors (Lipinski definition) is 0. The topological polar surface area (TPSA) is 86.5 Å². The monoisotopic (exact) mass is 295 g/mol. The first kappa shape index (κ1) is 13.7. The lowest BCUT2D eigenvalue weighted by Crippen LogP contribution is -2.25. The molecule has 0 saturated heterocycles. The third-order valence-electron chi connectivity index (χ3n) is 3.23. The van der Waals surface area contributed by atoms with Gasteiger partial charge in [0.2, 0.25) is 5.78 Å². The highest BCUT2D eigenvalue weighted by Gasteiger charge is 2.31. The molecule has 1 heterocycles. The summed E-state index contributed by atoms with van der Waals surface area (Å²) in [4.78, 5) is 34.8. The minimum absolute atomic E-state index is 0.173. The largest absolute Gasteiger partial charge is 0.422 e. The van der Waals surface area contributed by atoms with Crippen LogP contribution in [0.2, 0.25) is 0 Å². The van der Waals surface area contributed by atoms with E-state index in [9.17, 15) is 19.7 Å². The van der Waals surface area contributed by atoms with Crippen molar-refractivity contribution in [2.75, 3.05) is 0 Å². The lowest BCUT2D eigenvalue weighted by Gasteiger charge is -2.16. The zero-order valence-corrected chi connectivity index (χ0v) is 11.2. The molecular formula is C16H9NO5. The van der Waals surface area contributed by atoms with Gasteiger partial charge in [-0.05, 0) is 24.3 Å². The maximum Gasteiger partial charge on any atom is 0.347 e. The maximum atomic E-state index is 12.4. The Morgan fingerprint density at radius 1 is 1.00 bits per heavy atom. The summed E-state index contributed by atoms with van der Waals surface area (Å²) in [5.74, 6) is -1.14. The zero-order chi connectivity index (χ0) is 15.7. The molecule has 0 bridgehead atoms. The predicted molar refractivity (Wildman–Crippen MR) is 77.5 cm³/mol. The van der Waals surface area contributed by atoms with Crippen LogP contribution in [0.25, 0.3) is 6.08 Å². The quantitative estimate of drug-likeness (QED) is 0.212. The number of nitrogens with zero attached hydrogens (tertiary/aromatic N) is 1. The molecule has 6 nitrogen and oxygen atoms in total. The minimum Gasteiger partial charge on any atom is -0.422 e. The lowest BCUT2D eigenvalue weighted by atomic mass is 9.97. The van der Waals surface area contributed by atoms with E-state index < -0.39 is 16.7 Å². The van der Waals surface area contributed by atoms with Gasteiger partial charge in [-0.3, -0.25) is 14.9 Å². The van der Waals surface area contributed by atoms with Gasteiger partial charge in [0, 0.05) is 6.07 Å². The van der Waals surface area contributed by atoms with Crippen LogP contribution in [0, 0.1) is 10.1 Å². The summed E-state index contributed by atoms with van der Waals surface area (Å²) in [6, 6.07) is 12.2. The van der Waals surface area contributed by atoms with Crippen LogP contribution < -0.4 is 4.74 Å². The fraction of sp³-hybridized carbons (Fsp3) is 0. The van der Waals surface area contributed by atoms with Crippen molar-refractivity contribution in [3.05, 3.63) is 75.3 Å². The molecule has 1 aliphatic rings. The summed E-state index contributed by atoms with van der Waals surface area (Å²) in [7, 11) is 0. The first-order valence-corrected chi connectivity index (χ1v) is 6.39. The first-order chi connectivity index (χ1) is 10.6. The SMILES string of the molecule is O=C1Oc2ccccc2C(=O)C1=Cc1ccccc1[N+](=O)[O-]. The number of ether oxygens (including phenoxy) is 1. The van der Waals surface area contributed by atoms with Crippen LogP contribution in [0.1, 0.15) is 15.9 Å². The summed E-state index contributed by atoms with van der Waals surface area (Å²) >= 11 is 0. The first-order valence-electron chi connectivity index (χ1n) is 6.39. The van der Waals surface area contributed by atoms with Crippen molar-refractivity contribution < 1.29 is 19.2 Å². The number of rotatable bonds is 2. The second-order valence-corrected chi connectivity index (χ2v) is 4.59. The molecule has 0 radical (unpaired) electrons. The molecule has 22 heavy (non-hydrogen) atoms. The number of hydrogen-bond acceptors (Lipinski definition) is 5. The second kappa shape index (κ2) is 5.25. The smallest absolute Gasteiger partial charge is 0.347 e. The highest BCUT2D eigenvalue weighted by molar-refractivity contribution is 6.30. The normalized spacial score (nSPS) is 15.4. The average molecular weight is 295 g/mol. The lowest BCUT2D eigenvalue weighted by molar-refractivity contribution is -0.385. The van der Waals surface area contributed by atoms with Crippen molar-refractivity contribution >= 4 is 23.5 Å². The van der Waals surface area contributed by atoms with E-state index in [0.29, 0.717) is 0 Å². The van der Waals surface area contributed by atoms with Gasteiger partial charge >= 0.3 is 5.97 Å². The van der Waals surface area contributed by atoms with Gasteiger partial charge < -0.3 is 4.74 Å². The summed E-state index contributed by atoms with van der Waals surface area (Å²) in [6.07, 6.45) is 1.19. The van der Waals surface area contributed by atoms with Gasteiger partial charge in [0.05, 0.1) is 16.1 Å². The Labute approximate surface area is 124 Å². The molecule has 3 rings (SSSR count). The maximum absolute atomic E-state index is 12.4. The van der Waals surface area contributed by atoms with E-state index in [2.05, 4.69) is 0 Å². The number of fused-ring (bicyclic) bond motifs is 1. The van der Waals surface area contributed by atoms with Crippen LogP contribution in [-0.2, 0) is 4.79 Å². The number of nitro groups is 1. The van der Waals surface area contributed by atoms with Gasteiger partial charge in [0.1, 0.15) is 11.3 Å². The fourth-order valence-corrected chi connectivity index (χ4v) is 2.19.